The van der Waals surface area contributed by atoms with Crippen molar-refractivity contribution < 1.29 is 19.4 Å². The quantitative estimate of drug-likeness (QED) is 0.859. The summed E-state index contributed by atoms with van der Waals surface area (Å²) in [7, 11) is 3.30. The van der Waals surface area contributed by atoms with Crippen LogP contribution in [0.4, 0.5) is 0 Å². The zero-order valence-corrected chi connectivity index (χ0v) is 14.5. The number of benzene rings is 1. The van der Waals surface area contributed by atoms with Crippen molar-refractivity contribution in [2.75, 3.05) is 27.3 Å². The molecule has 0 bridgehead atoms. The predicted octanol–water partition coefficient (Wildman–Crippen LogP) is 3.04. The Hall–Kier alpha value is -2.01. The molecule has 1 aromatic carbocycles. The summed E-state index contributed by atoms with van der Waals surface area (Å²) in [6, 6.07) is 4.36. The van der Waals surface area contributed by atoms with Crippen LogP contribution in [0.25, 0.3) is 0 Å². The first-order valence-electron chi connectivity index (χ1n) is 8.49. The first kappa shape index (κ1) is 16.8. The molecule has 0 unspecified atom stereocenters. The molecule has 1 fully saturated rings. The van der Waals surface area contributed by atoms with Crippen LogP contribution in [0.2, 0.25) is 0 Å². The molecule has 2 aliphatic heterocycles. The highest BCUT2D eigenvalue weighted by Crippen LogP contribution is 2.44. The maximum atomic E-state index is 11.2. The number of carboxylic acids is 1. The second-order valence-electron chi connectivity index (χ2n) is 6.53. The third-order valence-electron chi connectivity index (χ3n) is 5.32. The molecule has 0 aromatic heterocycles. The van der Waals surface area contributed by atoms with Gasteiger partial charge in [-0.2, -0.15) is 0 Å². The van der Waals surface area contributed by atoms with Gasteiger partial charge >= 0.3 is 5.97 Å². The Morgan fingerprint density at radius 1 is 1.33 bits per heavy atom. The molecule has 0 spiro atoms. The number of ether oxygens (including phenoxy) is 2. The molecular formula is C19H25NO4. The molecule has 1 saturated heterocycles. The van der Waals surface area contributed by atoms with E-state index in [1.807, 2.05) is 0 Å². The molecule has 5 heteroatoms. The first-order valence-corrected chi connectivity index (χ1v) is 8.49. The monoisotopic (exact) mass is 331 g/mol. The SMILES string of the molecule is CC[C@H]1CN2CCc3cc(OC)c(OC)cc3[C@@H]2C/C1=C/C(=O)O. The van der Waals surface area contributed by atoms with E-state index in [0.717, 1.165) is 49.4 Å². The van der Waals surface area contributed by atoms with E-state index in [9.17, 15) is 9.90 Å². The molecule has 2 atom stereocenters. The van der Waals surface area contributed by atoms with Gasteiger partial charge in [-0.05, 0) is 48.4 Å². The Kier molecular flexibility index (Phi) is 4.81. The Balaban J connectivity index is 1.99. The van der Waals surface area contributed by atoms with Crippen molar-refractivity contribution in [1.29, 1.82) is 0 Å². The van der Waals surface area contributed by atoms with Crippen LogP contribution in [0, 0.1) is 5.92 Å². The Morgan fingerprint density at radius 3 is 2.67 bits per heavy atom. The smallest absolute Gasteiger partial charge is 0.328 e. The number of hydrogen-bond acceptors (Lipinski definition) is 4. The topological polar surface area (TPSA) is 59.0 Å². The molecule has 2 aliphatic rings. The molecular weight excluding hydrogens is 306 g/mol. The lowest BCUT2D eigenvalue weighted by Crippen LogP contribution is -2.43. The average Bonchev–Trinajstić information content (AvgIpc) is 2.59. The van der Waals surface area contributed by atoms with Crippen molar-refractivity contribution in [2.45, 2.75) is 32.2 Å². The van der Waals surface area contributed by atoms with E-state index in [0.29, 0.717) is 5.92 Å². The van der Waals surface area contributed by atoms with Gasteiger partial charge in [-0.25, -0.2) is 4.79 Å². The largest absolute Gasteiger partial charge is 0.493 e. The minimum Gasteiger partial charge on any atom is -0.493 e. The van der Waals surface area contributed by atoms with Crippen LogP contribution in [-0.4, -0.2) is 43.3 Å². The number of hydrogen-bond donors (Lipinski definition) is 1. The summed E-state index contributed by atoms with van der Waals surface area (Å²) in [5, 5.41) is 9.19. The highest BCUT2D eigenvalue weighted by molar-refractivity contribution is 5.80. The average molecular weight is 331 g/mol. The molecule has 0 radical (unpaired) electrons. The third-order valence-corrected chi connectivity index (χ3v) is 5.32. The van der Waals surface area contributed by atoms with E-state index in [1.165, 1.54) is 17.2 Å². The van der Waals surface area contributed by atoms with Gasteiger partial charge in [0.15, 0.2) is 11.5 Å². The number of nitrogens with zero attached hydrogens (tertiary/aromatic N) is 1. The van der Waals surface area contributed by atoms with Crippen molar-refractivity contribution in [2.24, 2.45) is 5.92 Å². The zero-order valence-electron chi connectivity index (χ0n) is 14.5. The summed E-state index contributed by atoms with van der Waals surface area (Å²) < 4.78 is 10.9. The van der Waals surface area contributed by atoms with Crippen molar-refractivity contribution in [1.82, 2.24) is 4.90 Å². The fraction of sp³-hybridized carbons (Fsp3) is 0.526. The number of aliphatic carboxylic acids is 1. The second-order valence-corrected chi connectivity index (χ2v) is 6.53. The molecule has 5 nitrogen and oxygen atoms in total. The maximum Gasteiger partial charge on any atom is 0.328 e. The first-order chi connectivity index (χ1) is 11.6. The molecule has 3 rings (SSSR count). The Bertz CT molecular complexity index is 668. The van der Waals surface area contributed by atoms with Crippen LogP contribution in [0.3, 0.4) is 0 Å². The number of fused-ring (bicyclic) bond motifs is 3. The van der Waals surface area contributed by atoms with Crippen molar-refractivity contribution in [3.8, 4) is 11.5 Å². The van der Waals surface area contributed by atoms with Crippen LogP contribution in [0.5, 0.6) is 11.5 Å². The summed E-state index contributed by atoms with van der Waals surface area (Å²) in [4.78, 5) is 13.7. The summed E-state index contributed by atoms with van der Waals surface area (Å²) in [5.74, 6) is 0.979. The van der Waals surface area contributed by atoms with Gasteiger partial charge in [0.1, 0.15) is 0 Å². The molecule has 0 saturated carbocycles. The van der Waals surface area contributed by atoms with E-state index >= 15 is 0 Å². The normalized spacial score (nSPS) is 25.0. The molecule has 24 heavy (non-hydrogen) atoms. The van der Waals surface area contributed by atoms with Crippen molar-refractivity contribution in [3.63, 3.8) is 0 Å². The van der Waals surface area contributed by atoms with Gasteiger partial charge < -0.3 is 14.6 Å². The Morgan fingerprint density at radius 2 is 2.04 bits per heavy atom. The molecule has 130 valence electrons. The van der Waals surface area contributed by atoms with Crippen molar-refractivity contribution in [3.05, 3.63) is 34.9 Å². The molecule has 2 heterocycles. The van der Waals surface area contributed by atoms with E-state index in [-0.39, 0.29) is 6.04 Å². The zero-order chi connectivity index (χ0) is 17.3. The van der Waals surface area contributed by atoms with E-state index in [1.54, 1.807) is 14.2 Å². The number of carbonyl (C=O) groups is 1. The maximum absolute atomic E-state index is 11.2. The molecule has 0 amide bonds. The minimum absolute atomic E-state index is 0.224. The van der Waals surface area contributed by atoms with Crippen molar-refractivity contribution >= 4 is 5.97 Å². The number of rotatable bonds is 4. The van der Waals surface area contributed by atoms with Crippen LogP contribution in [0.1, 0.15) is 36.9 Å². The number of carboxylic acid groups (broad SMARTS) is 1. The standard InChI is InChI=1S/C19H25NO4/c1-4-12-11-20-6-5-13-8-17(23-2)18(24-3)10-15(13)16(20)7-14(12)9-19(21)22/h8-10,12,16H,4-7,11H2,1-3H3,(H,21,22)/b14-9-/t12-,16-/m0/s1. The van der Waals surface area contributed by atoms with Gasteiger partial charge in [0.05, 0.1) is 14.2 Å². The highest BCUT2D eigenvalue weighted by Gasteiger charge is 2.36. The van der Waals surface area contributed by atoms with Gasteiger partial charge in [-0.3, -0.25) is 4.90 Å². The Labute approximate surface area is 142 Å². The summed E-state index contributed by atoms with van der Waals surface area (Å²) in [6.07, 6.45) is 4.15. The van der Waals surface area contributed by atoms with Gasteiger partial charge in [0, 0.05) is 25.2 Å². The van der Waals surface area contributed by atoms with Crippen LogP contribution in [0.15, 0.2) is 23.8 Å². The fourth-order valence-corrected chi connectivity index (χ4v) is 4.05. The summed E-state index contributed by atoms with van der Waals surface area (Å²) in [6.45, 7) is 4.06. The lowest BCUT2D eigenvalue weighted by atomic mass is 9.79. The fourth-order valence-electron chi connectivity index (χ4n) is 4.05. The van der Waals surface area contributed by atoms with Crippen LogP contribution >= 0.6 is 0 Å². The lowest BCUT2D eigenvalue weighted by molar-refractivity contribution is -0.131. The number of piperidine rings is 1. The molecule has 1 aromatic rings. The lowest BCUT2D eigenvalue weighted by Gasteiger charge is -2.44. The van der Waals surface area contributed by atoms with Gasteiger partial charge in [-0.1, -0.05) is 12.5 Å². The van der Waals surface area contributed by atoms with E-state index in [4.69, 9.17) is 9.47 Å². The van der Waals surface area contributed by atoms with E-state index < -0.39 is 5.97 Å². The van der Waals surface area contributed by atoms with Crippen LogP contribution in [-0.2, 0) is 11.2 Å². The van der Waals surface area contributed by atoms with Gasteiger partial charge in [-0.15, -0.1) is 0 Å². The molecule has 1 N–H and O–H groups in total. The third kappa shape index (κ3) is 3.00. The van der Waals surface area contributed by atoms with Gasteiger partial charge in [0.25, 0.3) is 0 Å². The molecule has 0 aliphatic carbocycles. The number of methoxy groups -OCH3 is 2. The second kappa shape index (κ2) is 6.85. The van der Waals surface area contributed by atoms with E-state index in [2.05, 4.69) is 24.0 Å². The minimum atomic E-state index is -0.847. The highest BCUT2D eigenvalue weighted by atomic mass is 16.5. The van der Waals surface area contributed by atoms with Crippen LogP contribution < -0.4 is 9.47 Å². The predicted molar refractivity (Wildman–Crippen MR) is 91.7 cm³/mol. The summed E-state index contributed by atoms with van der Waals surface area (Å²) >= 11 is 0. The summed E-state index contributed by atoms with van der Waals surface area (Å²) in [5.41, 5.74) is 3.57. The van der Waals surface area contributed by atoms with Gasteiger partial charge in [0.2, 0.25) is 0 Å².